The minimum Gasteiger partial charge on any atom is -0.508 e. The van der Waals surface area contributed by atoms with E-state index in [2.05, 4.69) is 0 Å². The molecule has 15 heteroatoms. The summed E-state index contributed by atoms with van der Waals surface area (Å²) < 4.78 is 30.2. The van der Waals surface area contributed by atoms with Crippen LogP contribution in [-0.2, 0) is 20.6 Å². The average molecular weight is 745 g/mol. The standard InChI is InChI=1S/C15H16O5.2C12H10O5/c1-3-5-9-11(16)7-6-10-12(17)8-13(20-14(9)10)15(18)19-4-2;1-2-16-12(15)11-6-9(14)8-5-7(13)3-4-10(8)17-11;1-2-16-12(15)11-6-9(14)8-4-3-7(13)5-10(8)17-11/h6-8,16H,3-5H2,1-2H3;2*3-6,13H,2H2,1H3. The monoisotopic (exact) mass is 744 g/mol. The third kappa shape index (κ3) is 9.50. The molecule has 0 spiro atoms. The maximum atomic E-state index is 12.0. The van der Waals surface area contributed by atoms with Gasteiger partial charge in [0.2, 0.25) is 17.3 Å². The predicted molar refractivity (Wildman–Crippen MR) is 194 cm³/mol. The van der Waals surface area contributed by atoms with Gasteiger partial charge in [0.1, 0.15) is 34.0 Å². The number of hydrogen-bond acceptors (Lipinski definition) is 15. The molecular weight excluding hydrogens is 708 g/mol. The number of carbonyl (C=O) groups is 3. The molecule has 0 radical (unpaired) electrons. The van der Waals surface area contributed by atoms with E-state index in [9.17, 15) is 44.1 Å². The molecule has 3 heterocycles. The summed E-state index contributed by atoms with van der Waals surface area (Å²) in [6, 6.07) is 14.4. The summed E-state index contributed by atoms with van der Waals surface area (Å²) in [4.78, 5) is 69.9. The summed E-state index contributed by atoms with van der Waals surface area (Å²) in [5, 5.41) is 29.3. The van der Waals surface area contributed by atoms with Crippen LogP contribution in [0.4, 0.5) is 0 Å². The van der Waals surface area contributed by atoms with Crippen LogP contribution in [0.1, 0.15) is 71.3 Å². The molecule has 0 saturated carbocycles. The molecule has 6 aromatic rings. The molecule has 6 rings (SSSR count). The Labute approximate surface area is 305 Å². The van der Waals surface area contributed by atoms with E-state index in [1.54, 1.807) is 20.8 Å². The second kappa shape index (κ2) is 18.0. The van der Waals surface area contributed by atoms with Crippen LogP contribution in [0, 0.1) is 0 Å². The summed E-state index contributed by atoms with van der Waals surface area (Å²) in [6.07, 6.45) is 1.33. The Morgan fingerprint density at radius 3 is 1.56 bits per heavy atom. The topological polar surface area (TPSA) is 230 Å². The first-order chi connectivity index (χ1) is 25.8. The second-order valence-electron chi connectivity index (χ2n) is 11.1. The normalized spacial score (nSPS) is 10.5. The first kappa shape index (κ1) is 39.9. The number of ether oxygens (including phenoxy) is 3. The highest BCUT2D eigenvalue weighted by molar-refractivity contribution is 5.91. The van der Waals surface area contributed by atoms with E-state index in [-0.39, 0.29) is 87.3 Å². The molecule has 0 saturated heterocycles. The smallest absolute Gasteiger partial charge is 0.374 e. The summed E-state index contributed by atoms with van der Waals surface area (Å²) in [5.74, 6) is -2.54. The lowest BCUT2D eigenvalue weighted by atomic mass is 10.0. The van der Waals surface area contributed by atoms with Gasteiger partial charge in [-0.25, -0.2) is 14.4 Å². The molecule has 0 atom stereocenters. The molecule has 0 aliphatic carbocycles. The molecule has 3 aromatic heterocycles. The van der Waals surface area contributed by atoms with E-state index in [0.29, 0.717) is 22.8 Å². The van der Waals surface area contributed by atoms with E-state index in [0.717, 1.165) is 24.6 Å². The number of aryl methyl sites for hydroxylation is 1. The van der Waals surface area contributed by atoms with Crippen molar-refractivity contribution in [3.8, 4) is 17.2 Å². The summed E-state index contributed by atoms with van der Waals surface area (Å²) in [7, 11) is 0. The van der Waals surface area contributed by atoms with Crippen molar-refractivity contribution in [1.29, 1.82) is 0 Å². The van der Waals surface area contributed by atoms with E-state index in [1.165, 1.54) is 48.5 Å². The Morgan fingerprint density at radius 2 is 1.00 bits per heavy atom. The predicted octanol–water partition coefficient (Wildman–Crippen LogP) is 5.98. The molecule has 0 aliphatic rings. The number of hydrogen-bond donors (Lipinski definition) is 3. The van der Waals surface area contributed by atoms with Crippen LogP contribution < -0.4 is 16.3 Å². The van der Waals surface area contributed by atoms with Crippen LogP contribution in [0.3, 0.4) is 0 Å². The molecular formula is C39H36O15. The zero-order chi connectivity index (χ0) is 39.5. The zero-order valence-electron chi connectivity index (χ0n) is 29.6. The summed E-state index contributed by atoms with van der Waals surface area (Å²) in [5.41, 5.74) is 0.0979. The van der Waals surface area contributed by atoms with Gasteiger partial charge in [-0.1, -0.05) is 13.3 Å². The minimum absolute atomic E-state index is 0.0336. The van der Waals surface area contributed by atoms with Crippen LogP contribution in [0.2, 0.25) is 0 Å². The molecule has 0 unspecified atom stereocenters. The molecule has 0 bridgehead atoms. The van der Waals surface area contributed by atoms with Gasteiger partial charge in [-0.3, -0.25) is 14.4 Å². The number of aromatic hydroxyl groups is 3. The Hall–Kier alpha value is -6.90. The van der Waals surface area contributed by atoms with Gasteiger partial charge in [-0.15, -0.1) is 0 Å². The van der Waals surface area contributed by atoms with Crippen molar-refractivity contribution in [2.45, 2.75) is 40.5 Å². The lowest BCUT2D eigenvalue weighted by Crippen LogP contribution is -2.10. The van der Waals surface area contributed by atoms with Crippen LogP contribution >= 0.6 is 0 Å². The number of rotatable bonds is 8. The Balaban J connectivity index is 0.000000181. The van der Waals surface area contributed by atoms with Gasteiger partial charge in [0.25, 0.3) is 0 Å². The molecule has 282 valence electrons. The number of benzene rings is 3. The third-order valence-electron chi connectivity index (χ3n) is 7.33. The highest BCUT2D eigenvalue weighted by Gasteiger charge is 2.18. The molecule has 0 aliphatic heterocycles. The van der Waals surface area contributed by atoms with Crippen molar-refractivity contribution in [2.24, 2.45) is 0 Å². The fraction of sp³-hybridized carbons (Fsp3) is 0.231. The lowest BCUT2D eigenvalue weighted by Gasteiger charge is -2.08. The fourth-order valence-electron chi connectivity index (χ4n) is 4.95. The Bertz CT molecular complexity index is 2510. The Kier molecular flexibility index (Phi) is 13.3. The number of carbonyl (C=O) groups excluding carboxylic acids is 3. The van der Waals surface area contributed by atoms with Gasteiger partial charge >= 0.3 is 17.9 Å². The molecule has 3 N–H and O–H groups in total. The number of phenols is 3. The third-order valence-corrected chi connectivity index (χ3v) is 7.33. The maximum Gasteiger partial charge on any atom is 0.374 e. The van der Waals surface area contributed by atoms with Gasteiger partial charge in [-0.05, 0) is 69.7 Å². The molecule has 15 nitrogen and oxygen atoms in total. The van der Waals surface area contributed by atoms with Crippen LogP contribution in [0.25, 0.3) is 32.9 Å². The van der Waals surface area contributed by atoms with Gasteiger partial charge in [-0.2, -0.15) is 0 Å². The van der Waals surface area contributed by atoms with Crippen molar-refractivity contribution in [2.75, 3.05) is 19.8 Å². The van der Waals surface area contributed by atoms with E-state index in [4.69, 9.17) is 27.5 Å². The highest BCUT2D eigenvalue weighted by atomic mass is 16.6. The number of phenolic OH excluding ortho intramolecular Hbond substituents is 3. The average Bonchev–Trinajstić information content (AvgIpc) is 3.13. The zero-order valence-corrected chi connectivity index (χ0v) is 29.6. The highest BCUT2D eigenvalue weighted by Crippen LogP contribution is 2.28. The second-order valence-corrected chi connectivity index (χ2v) is 11.1. The van der Waals surface area contributed by atoms with E-state index in [1.807, 2.05) is 6.92 Å². The summed E-state index contributed by atoms with van der Waals surface area (Å²) >= 11 is 0. The lowest BCUT2D eigenvalue weighted by molar-refractivity contribution is 0.0482. The molecule has 54 heavy (non-hydrogen) atoms. The Morgan fingerprint density at radius 1 is 0.537 bits per heavy atom. The van der Waals surface area contributed by atoms with Crippen LogP contribution in [0.15, 0.2) is 94.4 Å². The largest absolute Gasteiger partial charge is 0.508 e. The molecule has 3 aromatic carbocycles. The van der Waals surface area contributed by atoms with Gasteiger partial charge in [0, 0.05) is 29.8 Å². The molecule has 0 fully saturated rings. The van der Waals surface area contributed by atoms with Crippen molar-refractivity contribution < 1.29 is 57.2 Å². The van der Waals surface area contributed by atoms with Crippen molar-refractivity contribution in [3.05, 3.63) is 120 Å². The summed E-state index contributed by atoms with van der Waals surface area (Å²) in [6.45, 7) is 7.54. The number of esters is 3. The molecule has 0 amide bonds. The van der Waals surface area contributed by atoms with Crippen molar-refractivity contribution in [3.63, 3.8) is 0 Å². The van der Waals surface area contributed by atoms with Crippen molar-refractivity contribution in [1.82, 2.24) is 0 Å². The van der Waals surface area contributed by atoms with Crippen molar-refractivity contribution >= 4 is 50.8 Å². The first-order valence-corrected chi connectivity index (χ1v) is 16.6. The maximum absolute atomic E-state index is 12.0. The van der Waals surface area contributed by atoms with Crippen LogP contribution in [0.5, 0.6) is 17.2 Å². The SMILES string of the molecule is CCCc1c(O)ccc2c(=O)cc(C(=O)OCC)oc12.CCOC(=O)c1cc(=O)c2cc(O)ccc2o1.CCOC(=O)c1cc(=O)c2ccc(O)cc2o1. The van der Waals surface area contributed by atoms with E-state index < -0.39 is 23.3 Å². The minimum atomic E-state index is -0.699. The first-order valence-electron chi connectivity index (χ1n) is 16.6. The van der Waals surface area contributed by atoms with Gasteiger partial charge < -0.3 is 42.8 Å². The van der Waals surface area contributed by atoms with Gasteiger partial charge in [0.15, 0.2) is 16.3 Å². The fourth-order valence-corrected chi connectivity index (χ4v) is 4.95. The van der Waals surface area contributed by atoms with E-state index >= 15 is 0 Å². The quantitative estimate of drug-likeness (QED) is 0.120. The van der Waals surface area contributed by atoms with Crippen LogP contribution in [-0.4, -0.2) is 53.0 Å². The number of fused-ring (bicyclic) bond motifs is 3. The van der Waals surface area contributed by atoms with Gasteiger partial charge in [0.05, 0.1) is 36.0 Å².